The maximum atomic E-state index is 3.50. The fraction of sp³-hybridized carbons (Fsp3) is 0.571. The topological polar surface area (TPSA) is 39.3 Å². The first-order valence-electron chi connectivity index (χ1n) is 6.84. The smallest absolute Gasteiger partial charge is 0.132 e. The van der Waals surface area contributed by atoms with Crippen LogP contribution in [0.2, 0.25) is 0 Å². The van der Waals surface area contributed by atoms with Crippen LogP contribution in [-0.4, -0.2) is 32.5 Å². The molecule has 1 heterocycles. The van der Waals surface area contributed by atoms with Gasteiger partial charge in [-0.05, 0) is 38.5 Å². The molecule has 4 heteroatoms. The van der Waals surface area contributed by atoms with E-state index in [1.807, 2.05) is 0 Å². The molecule has 0 aliphatic carbocycles. The monoisotopic (exact) mass is 248 g/mol. The molecule has 0 aromatic heterocycles. The van der Waals surface area contributed by atoms with Crippen molar-refractivity contribution in [2.45, 2.75) is 27.1 Å². The predicted molar refractivity (Wildman–Crippen MR) is 78.2 cm³/mol. The van der Waals surface area contributed by atoms with Gasteiger partial charge in [-0.25, -0.2) is 0 Å². The minimum atomic E-state index is 0.190. The first kappa shape index (κ1) is 13.2. The summed E-state index contributed by atoms with van der Waals surface area (Å²) in [7, 11) is 0. The van der Waals surface area contributed by atoms with E-state index in [0.717, 1.165) is 26.2 Å². The lowest BCUT2D eigenvalue weighted by molar-refractivity contribution is 0.620. The lowest BCUT2D eigenvalue weighted by Crippen LogP contribution is -2.39. The third-order valence-corrected chi connectivity index (χ3v) is 3.53. The number of hydrogen-bond donors (Lipinski definition) is 3. The Balaban J connectivity index is 2.17. The Morgan fingerprint density at radius 3 is 2.50 bits per heavy atom. The lowest BCUT2D eigenvalue weighted by Gasteiger charge is -2.25. The summed E-state index contributed by atoms with van der Waals surface area (Å²) in [5, 5.41) is 10.2. The van der Waals surface area contributed by atoms with Gasteiger partial charge in [0.25, 0.3) is 0 Å². The van der Waals surface area contributed by atoms with E-state index in [9.17, 15) is 0 Å². The Morgan fingerprint density at radius 1 is 1.22 bits per heavy atom. The van der Waals surface area contributed by atoms with Gasteiger partial charge in [0.1, 0.15) is 6.29 Å². The Kier molecular flexibility index (Phi) is 4.44. The second-order valence-electron chi connectivity index (χ2n) is 4.61. The van der Waals surface area contributed by atoms with Gasteiger partial charge in [0.05, 0.1) is 0 Å². The van der Waals surface area contributed by atoms with Crippen molar-refractivity contribution in [1.29, 1.82) is 0 Å². The van der Waals surface area contributed by atoms with Gasteiger partial charge in [-0.3, -0.25) is 10.6 Å². The molecule has 4 nitrogen and oxygen atoms in total. The highest BCUT2D eigenvalue weighted by molar-refractivity contribution is 5.66. The maximum Gasteiger partial charge on any atom is 0.132 e. The summed E-state index contributed by atoms with van der Waals surface area (Å²) in [6, 6.07) is 6.46. The normalized spacial score (nSPS) is 15.9. The van der Waals surface area contributed by atoms with Crippen LogP contribution in [0.25, 0.3) is 0 Å². The Hall–Kier alpha value is -1.26. The molecular formula is C14H24N4. The van der Waals surface area contributed by atoms with E-state index in [1.165, 1.54) is 16.9 Å². The van der Waals surface area contributed by atoms with E-state index in [0.29, 0.717) is 0 Å². The Bertz CT molecular complexity index is 381. The average molecular weight is 248 g/mol. The van der Waals surface area contributed by atoms with E-state index in [4.69, 9.17) is 0 Å². The first-order valence-corrected chi connectivity index (χ1v) is 6.84. The molecule has 100 valence electrons. The summed E-state index contributed by atoms with van der Waals surface area (Å²) in [6.07, 6.45) is 0.190. The molecule has 0 spiro atoms. The SMILES string of the molecule is CCN(CC)c1cccc(NC2NCCN2)c1C. The zero-order valence-corrected chi connectivity index (χ0v) is 11.6. The molecule has 2 rings (SSSR count). The summed E-state index contributed by atoms with van der Waals surface area (Å²) in [5.74, 6) is 0. The molecule has 18 heavy (non-hydrogen) atoms. The minimum Gasteiger partial charge on any atom is -0.372 e. The molecule has 1 fully saturated rings. The fourth-order valence-electron chi connectivity index (χ4n) is 2.45. The molecular weight excluding hydrogens is 224 g/mol. The quantitative estimate of drug-likeness (QED) is 0.742. The molecule has 1 aromatic rings. The van der Waals surface area contributed by atoms with E-state index in [1.54, 1.807) is 0 Å². The molecule has 1 saturated heterocycles. The van der Waals surface area contributed by atoms with Crippen LogP contribution in [-0.2, 0) is 0 Å². The average Bonchev–Trinajstić information content (AvgIpc) is 2.88. The van der Waals surface area contributed by atoms with Crippen LogP contribution < -0.4 is 20.9 Å². The van der Waals surface area contributed by atoms with Crippen molar-refractivity contribution >= 4 is 11.4 Å². The molecule has 0 radical (unpaired) electrons. The highest BCUT2D eigenvalue weighted by Crippen LogP contribution is 2.26. The molecule has 0 unspecified atom stereocenters. The van der Waals surface area contributed by atoms with Crippen LogP contribution in [0.4, 0.5) is 11.4 Å². The van der Waals surface area contributed by atoms with E-state index >= 15 is 0 Å². The van der Waals surface area contributed by atoms with Gasteiger partial charge >= 0.3 is 0 Å². The van der Waals surface area contributed by atoms with Crippen molar-refractivity contribution in [3.8, 4) is 0 Å². The van der Waals surface area contributed by atoms with Crippen LogP contribution in [0.3, 0.4) is 0 Å². The molecule has 0 amide bonds. The highest BCUT2D eigenvalue weighted by atomic mass is 15.3. The number of rotatable bonds is 5. The summed E-state index contributed by atoms with van der Waals surface area (Å²) < 4.78 is 0. The summed E-state index contributed by atoms with van der Waals surface area (Å²) in [6.45, 7) is 10.7. The zero-order chi connectivity index (χ0) is 13.0. The first-order chi connectivity index (χ1) is 8.76. The van der Waals surface area contributed by atoms with Crippen LogP contribution in [0.5, 0.6) is 0 Å². The van der Waals surface area contributed by atoms with Crippen LogP contribution in [0.15, 0.2) is 18.2 Å². The summed E-state index contributed by atoms with van der Waals surface area (Å²) in [5.41, 5.74) is 3.84. The molecule has 0 atom stereocenters. The highest BCUT2D eigenvalue weighted by Gasteiger charge is 2.15. The van der Waals surface area contributed by atoms with Crippen molar-refractivity contribution in [3.05, 3.63) is 23.8 Å². The van der Waals surface area contributed by atoms with Gasteiger partial charge in [0.15, 0.2) is 0 Å². The second-order valence-corrected chi connectivity index (χ2v) is 4.61. The number of hydrogen-bond acceptors (Lipinski definition) is 4. The summed E-state index contributed by atoms with van der Waals surface area (Å²) in [4.78, 5) is 2.38. The van der Waals surface area contributed by atoms with Crippen molar-refractivity contribution in [3.63, 3.8) is 0 Å². The lowest BCUT2D eigenvalue weighted by atomic mass is 10.1. The van der Waals surface area contributed by atoms with Crippen LogP contribution >= 0.6 is 0 Å². The molecule has 1 aliphatic heterocycles. The van der Waals surface area contributed by atoms with Crippen molar-refractivity contribution in [1.82, 2.24) is 10.6 Å². The molecule has 1 aliphatic rings. The van der Waals surface area contributed by atoms with Gasteiger partial charge in [0.2, 0.25) is 0 Å². The van der Waals surface area contributed by atoms with E-state index in [2.05, 4.69) is 59.8 Å². The van der Waals surface area contributed by atoms with Crippen molar-refractivity contribution in [2.75, 3.05) is 36.4 Å². The van der Waals surface area contributed by atoms with Crippen molar-refractivity contribution < 1.29 is 0 Å². The van der Waals surface area contributed by atoms with Gasteiger partial charge in [-0.15, -0.1) is 0 Å². The molecule has 3 N–H and O–H groups in total. The van der Waals surface area contributed by atoms with E-state index in [-0.39, 0.29) is 6.29 Å². The standard InChI is InChI=1S/C14H24N4/c1-4-18(5-2)13-8-6-7-12(11(13)3)17-14-15-9-10-16-14/h6-8,14-17H,4-5,9-10H2,1-3H3. The second kappa shape index (κ2) is 6.07. The Labute approximate surface area is 110 Å². The summed E-state index contributed by atoms with van der Waals surface area (Å²) >= 11 is 0. The van der Waals surface area contributed by atoms with Crippen molar-refractivity contribution in [2.24, 2.45) is 0 Å². The molecule has 1 aromatic carbocycles. The third kappa shape index (κ3) is 2.76. The van der Waals surface area contributed by atoms with Crippen LogP contribution in [0.1, 0.15) is 19.4 Å². The zero-order valence-electron chi connectivity index (χ0n) is 11.6. The predicted octanol–water partition coefficient (Wildman–Crippen LogP) is 1.73. The number of nitrogens with zero attached hydrogens (tertiary/aromatic N) is 1. The molecule has 0 bridgehead atoms. The van der Waals surface area contributed by atoms with Crippen LogP contribution in [0, 0.1) is 6.92 Å². The number of nitrogens with one attached hydrogen (secondary N) is 3. The van der Waals surface area contributed by atoms with Gasteiger partial charge in [0, 0.05) is 37.6 Å². The minimum absolute atomic E-state index is 0.190. The maximum absolute atomic E-state index is 3.50. The molecule has 0 saturated carbocycles. The van der Waals surface area contributed by atoms with Gasteiger partial charge in [-0.2, -0.15) is 0 Å². The van der Waals surface area contributed by atoms with E-state index < -0.39 is 0 Å². The largest absolute Gasteiger partial charge is 0.372 e. The number of anilines is 2. The Morgan fingerprint density at radius 2 is 1.89 bits per heavy atom. The van der Waals surface area contributed by atoms with Gasteiger partial charge < -0.3 is 10.2 Å². The fourth-order valence-corrected chi connectivity index (χ4v) is 2.45. The van der Waals surface area contributed by atoms with Gasteiger partial charge in [-0.1, -0.05) is 6.07 Å². The third-order valence-electron chi connectivity index (χ3n) is 3.53. The number of benzene rings is 1.